The first-order valence-corrected chi connectivity index (χ1v) is 9.45. The summed E-state index contributed by atoms with van der Waals surface area (Å²) in [5, 5.41) is 10.5. The molecule has 1 aliphatic carbocycles. The number of hydrogen-bond acceptors (Lipinski definition) is 5. The quantitative estimate of drug-likeness (QED) is 0.618. The van der Waals surface area contributed by atoms with Gasteiger partial charge in [0.15, 0.2) is 17.3 Å². The minimum atomic E-state index is -1.13. The molecule has 0 saturated heterocycles. The molecule has 1 atom stereocenters. The molecule has 4 rings (SSSR count). The number of hydrogen-bond donors (Lipinski definition) is 1. The molecule has 0 bridgehead atoms. The van der Waals surface area contributed by atoms with Crippen LogP contribution in [-0.4, -0.2) is 16.7 Å². The van der Waals surface area contributed by atoms with E-state index in [-0.39, 0.29) is 23.1 Å². The number of benzene rings is 2. The van der Waals surface area contributed by atoms with Crippen LogP contribution in [0, 0.1) is 12.8 Å². The Balaban J connectivity index is 1.99. The molecular formula is C22H15BrO5. The van der Waals surface area contributed by atoms with Crippen LogP contribution in [0.4, 0.5) is 0 Å². The topological polar surface area (TPSA) is 84.6 Å². The third-order valence-corrected chi connectivity index (χ3v) is 5.67. The Kier molecular flexibility index (Phi) is 4.51. The van der Waals surface area contributed by atoms with Crippen LogP contribution in [0.15, 0.2) is 68.3 Å². The lowest BCUT2D eigenvalue weighted by Crippen LogP contribution is -2.26. The van der Waals surface area contributed by atoms with Gasteiger partial charge in [-0.25, -0.2) is 0 Å². The molecule has 1 N–H and O–H groups in total. The summed E-state index contributed by atoms with van der Waals surface area (Å²) in [5.74, 6) is -3.19. The van der Waals surface area contributed by atoms with E-state index in [1.54, 1.807) is 55.5 Å². The molecule has 0 fully saturated rings. The summed E-state index contributed by atoms with van der Waals surface area (Å²) < 4.78 is 6.33. The van der Waals surface area contributed by atoms with Crippen LogP contribution in [0.2, 0.25) is 0 Å². The summed E-state index contributed by atoms with van der Waals surface area (Å²) in [6.07, 6.45) is 0. The average Bonchev–Trinajstić information content (AvgIpc) is 2.92. The van der Waals surface area contributed by atoms with E-state index in [4.69, 9.17) is 4.42 Å². The Hall–Kier alpha value is -2.99. The fraction of sp³-hybridized carbons (Fsp3) is 0.136. The van der Waals surface area contributed by atoms with Crippen molar-refractivity contribution in [3.8, 4) is 5.75 Å². The number of rotatable bonds is 3. The standard InChI is InChI=1S/C22H15BrO5/c1-11-10-16(24)21(27)22(28-11)17(14-8-4-5-9-15(14)23)18-19(25)12-6-2-3-7-13(12)20(18)26/h2-10,17-18,27H,1H3. The predicted molar refractivity (Wildman–Crippen MR) is 106 cm³/mol. The minimum absolute atomic E-state index is 0.0867. The van der Waals surface area contributed by atoms with Gasteiger partial charge in [-0.05, 0) is 18.6 Å². The molecule has 1 aliphatic rings. The van der Waals surface area contributed by atoms with Gasteiger partial charge in [0, 0.05) is 21.7 Å². The Bertz CT molecular complexity index is 1140. The van der Waals surface area contributed by atoms with E-state index in [1.165, 1.54) is 6.07 Å². The Morgan fingerprint density at radius 1 is 0.964 bits per heavy atom. The fourth-order valence-corrected chi connectivity index (χ4v) is 4.24. The highest BCUT2D eigenvalue weighted by molar-refractivity contribution is 9.10. The van der Waals surface area contributed by atoms with Crippen LogP contribution >= 0.6 is 15.9 Å². The average molecular weight is 439 g/mol. The van der Waals surface area contributed by atoms with Crippen LogP contribution in [0.5, 0.6) is 5.75 Å². The van der Waals surface area contributed by atoms with Crippen molar-refractivity contribution < 1.29 is 19.1 Å². The van der Waals surface area contributed by atoms with Gasteiger partial charge in [-0.15, -0.1) is 0 Å². The van der Waals surface area contributed by atoms with E-state index >= 15 is 0 Å². The van der Waals surface area contributed by atoms with Gasteiger partial charge in [-0.3, -0.25) is 14.4 Å². The molecular weight excluding hydrogens is 424 g/mol. The van der Waals surface area contributed by atoms with E-state index < -0.39 is 23.0 Å². The van der Waals surface area contributed by atoms with Gasteiger partial charge in [0.05, 0.1) is 11.8 Å². The van der Waals surface area contributed by atoms with E-state index in [9.17, 15) is 19.5 Å². The van der Waals surface area contributed by atoms with Gasteiger partial charge < -0.3 is 9.52 Å². The zero-order chi connectivity index (χ0) is 20.0. The first-order chi connectivity index (χ1) is 13.4. The maximum Gasteiger partial charge on any atom is 0.227 e. The van der Waals surface area contributed by atoms with Crippen LogP contribution in [0.25, 0.3) is 0 Å². The summed E-state index contributed by atoms with van der Waals surface area (Å²) in [5.41, 5.74) is 0.630. The summed E-state index contributed by atoms with van der Waals surface area (Å²) in [6.45, 7) is 1.58. The highest BCUT2D eigenvalue weighted by Crippen LogP contribution is 2.44. The zero-order valence-corrected chi connectivity index (χ0v) is 16.4. The van der Waals surface area contributed by atoms with Gasteiger partial charge in [0.25, 0.3) is 0 Å². The molecule has 0 aliphatic heterocycles. The Morgan fingerprint density at radius 3 is 2.14 bits per heavy atom. The number of halogens is 1. The number of Topliss-reactive ketones (excluding diaryl/α,β-unsaturated/α-hetero) is 2. The van der Waals surface area contributed by atoms with Crippen molar-refractivity contribution in [2.75, 3.05) is 0 Å². The zero-order valence-electron chi connectivity index (χ0n) is 14.8. The van der Waals surface area contributed by atoms with E-state index in [0.717, 1.165) is 0 Å². The smallest absolute Gasteiger partial charge is 0.227 e. The summed E-state index contributed by atoms with van der Waals surface area (Å²) in [7, 11) is 0. The molecule has 0 radical (unpaired) electrons. The van der Waals surface area contributed by atoms with Crippen molar-refractivity contribution in [1.82, 2.24) is 0 Å². The second kappa shape index (κ2) is 6.87. The maximum absolute atomic E-state index is 13.2. The van der Waals surface area contributed by atoms with E-state index in [0.29, 0.717) is 21.2 Å². The van der Waals surface area contributed by atoms with Crippen molar-refractivity contribution in [2.24, 2.45) is 5.92 Å². The number of carbonyl (C=O) groups is 2. The Morgan fingerprint density at radius 2 is 1.54 bits per heavy atom. The third-order valence-electron chi connectivity index (χ3n) is 4.95. The molecule has 6 heteroatoms. The first-order valence-electron chi connectivity index (χ1n) is 8.65. The molecule has 5 nitrogen and oxygen atoms in total. The summed E-state index contributed by atoms with van der Waals surface area (Å²) >= 11 is 3.45. The SMILES string of the molecule is Cc1cc(=O)c(O)c(C(c2ccccc2Br)C2C(=O)c3ccccc3C2=O)o1. The number of aryl methyl sites for hydroxylation is 1. The lowest BCUT2D eigenvalue weighted by atomic mass is 9.80. The molecule has 0 saturated carbocycles. The molecule has 28 heavy (non-hydrogen) atoms. The molecule has 1 aromatic heterocycles. The lowest BCUT2D eigenvalue weighted by molar-refractivity contribution is 0.0816. The largest absolute Gasteiger partial charge is 0.502 e. The van der Waals surface area contributed by atoms with Gasteiger partial charge in [0.1, 0.15) is 5.76 Å². The normalized spacial score (nSPS) is 14.9. The van der Waals surface area contributed by atoms with Gasteiger partial charge in [-0.2, -0.15) is 0 Å². The number of carbonyl (C=O) groups excluding carboxylic acids is 2. The lowest BCUT2D eigenvalue weighted by Gasteiger charge is -2.23. The first kappa shape index (κ1) is 18.4. The Labute approximate surface area is 168 Å². The number of ketones is 2. The molecule has 140 valence electrons. The van der Waals surface area contributed by atoms with E-state index in [2.05, 4.69) is 15.9 Å². The molecule has 1 unspecified atom stereocenters. The van der Waals surface area contributed by atoms with Crippen molar-refractivity contribution in [2.45, 2.75) is 12.8 Å². The highest BCUT2D eigenvalue weighted by Gasteiger charge is 2.47. The van der Waals surface area contributed by atoms with Crippen molar-refractivity contribution in [3.63, 3.8) is 0 Å². The fourth-order valence-electron chi connectivity index (χ4n) is 3.71. The highest BCUT2D eigenvalue weighted by atomic mass is 79.9. The van der Waals surface area contributed by atoms with Gasteiger partial charge in [-0.1, -0.05) is 58.4 Å². The van der Waals surface area contributed by atoms with Crippen LogP contribution in [0.1, 0.15) is 43.7 Å². The summed E-state index contributed by atoms with van der Waals surface area (Å²) in [6, 6.07) is 14.8. The summed E-state index contributed by atoms with van der Waals surface area (Å²) in [4.78, 5) is 38.5. The van der Waals surface area contributed by atoms with Gasteiger partial charge >= 0.3 is 0 Å². The van der Waals surface area contributed by atoms with Crippen LogP contribution < -0.4 is 5.43 Å². The second-order valence-corrected chi connectivity index (χ2v) is 7.54. The van der Waals surface area contributed by atoms with Crippen molar-refractivity contribution in [1.29, 1.82) is 0 Å². The molecule has 1 heterocycles. The van der Waals surface area contributed by atoms with Crippen LogP contribution in [-0.2, 0) is 0 Å². The second-order valence-electron chi connectivity index (χ2n) is 6.69. The molecule has 2 aromatic carbocycles. The third kappa shape index (κ3) is 2.81. The van der Waals surface area contributed by atoms with E-state index in [1.807, 2.05) is 0 Å². The monoisotopic (exact) mass is 438 g/mol. The van der Waals surface area contributed by atoms with Crippen molar-refractivity contribution >= 4 is 27.5 Å². The van der Waals surface area contributed by atoms with Gasteiger partial charge in [0.2, 0.25) is 11.2 Å². The molecule has 0 amide bonds. The molecule has 3 aromatic rings. The minimum Gasteiger partial charge on any atom is -0.502 e. The van der Waals surface area contributed by atoms with Crippen molar-refractivity contribution in [3.05, 3.63) is 97.5 Å². The predicted octanol–water partition coefficient (Wildman–Crippen LogP) is 4.24. The van der Waals surface area contributed by atoms with Crippen LogP contribution in [0.3, 0.4) is 0 Å². The number of aromatic hydroxyl groups is 1. The number of fused-ring (bicyclic) bond motifs is 1. The maximum atomic E-state index is 13.2. The molecule has 0 spiro atoms.